The van der Waals surface area contributed by atoms with Crippen LogP contribution in [0.1, 0.15) is 20.3 Å². The summed E-state index contributed by atoms with van der Waals surface area (Å²) in [5, 5.41) is 0. The molecule has 1 aliphatic rings. The van der Waals surface area contributed by atoms with Crippen molar-refractivity contribution >= 4 is 0 Å². The van der Waals surface area contributed by atoms with Crippen LogP contribution in [0.2, 0.25) is 0 Å². The minimum atomic E-state index is 0. The van der Waals surface area contributed by atoms with Gasteiger partial charge in [-0.05, 0) is 0 Å². The molecule has 0 aromatic heterocycles. The van der Waals surface area contributed by atoms with E-state index in [1.807, 2.05) is 0 Å². The van der Waals surface area contributed by atoms with Crippen molar-refractivity contribution in [3.63, 3.8) is 0 Å². The third-order valence-corrected chi connectivity index (χ3v) is 1.37. The Hall–Kier alpha value is 0.103. The van der Waals surface area contributed by atoms with Crippen molar-refractivity contribution < 1.29 is 19.5 Å². The minimum Gasteiger partial charge on any atom is -0.270 e. The standard InChI is InChI=1S/C7H9.Ru/c1-6-4-3-5-7(6)2;/h4H,3H2,1-2H3;/q-1;+1. The number of hydrogen-bond acceptors (Lipinski definition) is 0. The molecule has 0 aliphatic heterocycles. The summed E-state index contributed by atoms with van der Waals surface area (Å²) < 4.78 is 0. The molecule has 45 valence electrons. The van der Waals surface area contributed by atoms with Gasteiger partial charge < -0.3 is 0 Å². The van der Waals surface area contributed by atoms with Gasteiger partial charge in [0.25, 0.3) is 0 Å². The summed E-state index contributed by atoms with van der Waals surface area (Å²) in [6.45, 7) is 4.22. The topological polar surface area (TPSA) is 0 Å². The quantitative estimate of drug-likeness (QED) is 0.409. The van der Waals surface area contributed by atoms with Crippen LogP contribution < -0.4 is 0 Å². The Bertz CT molecular complexity index is 115. The molecule has 8 heavy (non-hydrogen) atoms. The molecule has 0 N–H and O–H groups in total. The van der Waals surface area contributed by atoms with Gasteiger partial charge in [-0.1, -0.05) is 6.92 Å². The second-order valence-electron chi connectivity index (χ2n) is 1.89. The zero-order valence-electron chi connectivity index (χ0n) is 5.14. The predicted octanol–water partition coefficient (Wildman–Crippen LogP) is 2.08. The van der Waals surface area contributed by atoms with Gasteiger partial charge >= 0.3 is 19.5 Å². The SMILES string of the molecule is CC1=[C-]CC=C1C.[Ru+]. The van der Waals surface area contributed by atoms with E-state index in [9.17, 15) is 0 Å². The van der Waals surface area contributed by atoms with Crippen LogP contribution in [0.3, 0.4) is 0 Å². The summed E-state index contributed by atoms with van der Waals surface area (Å²) in [5.74, 6) is 0. The van der Waals surface area contributed by atoms with Gasteiger partial charge in [0.1, 0.15) is 0 Å². The third-order valence-electron chi connectivity index (χ3n) is 1.37. The summed E-state index contributed by atoms with van der Waals surface area (Å²) in [6, 6.07) is 0. The van der Waals surface area contributed by atoms with Crippen LogP contribution >= 0.6 is 0 Å². The molecule has 0 aromatic rings. The molecule has 0 bridgehead atoms. The molecular weight excluding hydrogens is 185 g/mol. The predicted molar refractivity (Wildman–Crippen MR) is 30.8 cm³/mol. The fourth-order valence-electron chi connectivity index (χ4n) is 0.650. The summed E-state index contributed by atoms with van der Waals surface area (Å²) in [7, 11) is 0. The zero-order chi connectivity index (χ0) is 5.28. The second kappa shape index (κ2) is 3.19. The largest absolute Gasteiger partial charge is 1.00 e. The van der Waals surface area contributed by atoms with Crippen LogP contribution in [-0.4, -0.2) is 0 Å². The van der Waals surface area contributed by atoms with Gasteiger partial charge in [0.15, 0.2) is 0 Å². The molecule has 0 spiro atoms. The van der Waals surface area contributed by atoms with Crippen molar-refractivity contribution in [1.29, 1.82) is 0 Å². The molecular formula is C7H9Ru. The van der Waals surface area contributed by atoms with Crippen LogP contribution in [0.4, 0.5) is 0 Å². The van der Waals surface area contributed by atoms with Crippen LogP contribution in [0.25, 0.3) is 0 Å². The third kappa shape index (κ3) is 1.56. The Morgan fingerprint density at radius 3 is 2.25 bits per heavy atom. The molecule has 0 saturated carbocycles. The first-order valence-corrected chi connectivity index (χ1v) is 2.55. The Morgan fingerprint density at radius 2 is 2.12 bits per heavy atom. The molecule has 0 saturated heterocycles. The van der Waals surface area contributed by atoms with Crippen molar-refractivity contribution in [2.45, 2.75) is 20.3 Å². The van der Waals surface area contributed by atoms with Crippen LogP contribution in [0.5, 0.6) is 0 Å². The first-order valence-electron chi connectivity index (χ1n) is 2.55. The van der Waals surface area contributed by atoms with Gasteiger partial charge in [-0.15, -0.1) is 13.3 Å². The van der Waals surface area contributed by atoms with E-state index in [1.165, 1.54) is 11.1 Å². The second-order valence-corrected chi connectivity index (χ2v) is 1.89. The molecule has 0 atom stereocenters. The zero-order valence-corrected chi connectivity index (χ0v) is 6.88. The van der Waals surface area contributed by atoms with Gasteiger partial charge in [-0.25, -0.2) is 11.1 Å². The Balaban J connectivity index is 0.000000490. The van der Waals surface area contributed by atoms with Gasteiger partial charge in [0.05, 0.1) is 0 Å². The first-order chi connectivity index (χ1) is 3.30. The number of allylic oxidation sites excluding steroid dienone is 4. The van der Waals surface area contributed by atoms with E-state index >= 15 is 0 Å². The van der Waals surface area contributed by atoms with E-state index in [4.69, 9.17) is 0 Å². The molecule has 1 radical (unpaired) electrons. The average Bonchev–Trinajstić information content (AvgIpc) is 1.91. The van der Waals surface area contributed by atoms with Crippen LogP contribution in [-0.2, 0) is 19.5 Å². The maximum atomic E-state index is 3.19. The number of hydrogen-bond donors (Lipinski definition) is 0. The molecule has 0 heterocycles. The number of rotatable bonds is 0. The van der Waals surface area contributed by atoms with Crippen LogP contribution in [0, 0.1) is 6.08 Å². The van der Waals surface area contributed by atoms with E-state index in [1.54, 1.807) is 0 Å². The van der Waals surface area contributed by atoms with E-state index in [0.29, 0.717) is 0 Å². The maximum Gasteiger partial charge on any atom is 1.00 e. The Labute approximate surface area is 63.4 Å². The minimum absolute atomic E-state index is 0. The van der Waals surface area contributed by atoms with Gasteiger partial charge in [-0.2, -0.15) is 6.08 Å². The molecule has 0 fully saturated rings. The Morgan fingerprint density at radius 1 is 1.50 bits per heavy atom. The molecule has 1 heteroatoms. The van der Waals surface area contributed by atoms with Crippen molar-refractivity contribution in [2.75, 3.05) is 0 Å². The summed E-state index contributed by atoms with van der Waals surface area (Å²) >= 11 is 0. The van der Waals surface area contributed by atoms with Crippen molar-refractivity contribution in [1.82, 2.24) is 0 Å². The van der Waals surface area contributed by atoms with Gasteiger partial charge in [0, 0.05) is 0 Å². The summed E-state index contributed by atoms with van der Waals surface area (Å²) in [5.41, 5.74) is 2.71. The molecule has 0 nitrogen and oxygen atoms in total. The van der Waals surface area contributed by atoms with Crippen molar-refractivity contribution in [3.05, 3.63) is 23.3 Å². The van der Waals surface area contributed by atoms with E-state index in [0.717, 1.165) is 6.42 Å². The van der Waals surface area contributed by atoms with Gasteiger partial charge in [0.2, 0.25) is 0 Å². The van der Waals surface area contributed by atoms with Crippen molar-refractivity contribution in [2.24, 2.45) is 0 Å². The van der Waals surface area contributed by atoms with Crippen molar-refractivity contribution in [3.8, 4) is 0 Å². The smallest absolute Gasteiger partial charge is 0.270 e. The van der Waals surface area contributed by atoms with Gasteiger partial charge in [-0.3, -0.25) is 6.08 Å². The first kappa shape index (κ1) is 8.10. The summed E-state index contributed by atoms with van der Waals surface area (Å²) in [4.78, 5) is 0. The molecule has 0 amide bonds. The average molecular weight is 194 g/mol. The molecule has 1 rings (SSSR count). The molecule has 0 unspecified atom stereocenters. The molecule has 0 aromatic carbocycles. The van der Waals surface area contributed by atoms with E-state index < -0.39 is 0 Å². The normalized spacial score (nSPS) is 16.8. The van der Waals surface area contributed by atoms with E-state index in [2.05, 4.69) is 26.0 Å². The fourth-order valence-corrected chi connectivity index (χ4v) is 0.650. The summed E-state index contributed by atoms with van der Waals surface area (Å²) in [6.07, 6.45) is 6.41. The molecule has 1 aliphatic carbocycles. The monoisotopic (exact) mass is 195 g/mol. The Kier molecular flexibility index (Phi) is 3.23. The van der Waals surface area contributed by atoms with Crippen LogP contribution in [0.15, 0.2) is 17.2 Å². The van der Waals surface area contributed by atoms with E-state index in [-0.39, 0.29) is 19.5 Å². The fraction of sp³-hybridized carbons (Fsp3) is 0.429. The maximum absolute atomic E-state index is 3.19.